The van der Waals surface area contributed by atoms with Gasteiger partial charge in [0.05, 0.1) is 0 Å². The highest BCUT2D eigenvalue weighted by Gasteiger charge is 2.05. The van der Waals surface area contributed by atoms with E-state index >= 15 is 0 Å². The maximum absolute atomic E-state index is 10.2. The van der Waals surface area contributed by atoms with Crippen LogP contribution < -0.4 is 10.6 Å². The molecule has 2 N–H and O–H groups in total. The average Bonchev–Trinajstić information content (AvgIpc) is 2.01. The van der Waals surface area contributed by atoms with Gasteiger partial charge in [0.25, 0.3) is 0 Å². The third kappa shape index (κ3) is 6.01. The van der Waals surface area contributed by atoms with Gasteiger partial charge in [-0.1, -0.05) is 0 Å². The van der Waals surface area contributed by atoms with Crippen LogP contribution in [0.25, 0.3) is 0 Å². The lowest BCUT2D eigenvalue weighted by molar-refractivity contribution is -0.108. The SMILES string of the molecule is CNCCC(CC=O)CNC. The number of rotatable bonds is 7. The molecule has 0 fully saturated rings. The summed E-state index contributed by atoms with van der Waals surface area (Å²) in [6, 6.07) is 0. The van der Waals surface area contributed by atoms with E-state index < -0.39 is 0 Å². The van der Waals surface area contributed by atoms with Crippen molar-refractivity contribution < 1.29 is 4.79 Å². The number of aldehydes is 1. The van der Waals surface area contributed by atoms with E-state index in [1.807, 2.05) is 14.1 Å². The third-order valence-corrected chi connectivity index (χ3v) is 1.72. The summed E-state index contributed by atoms with van der Waals surface area (Å²) in [7, 11) is 3.84. The minimum Gasteiger partial charge on any atom is -0.320 e. The topological polar surface area (TPSA) is 41.1 Å². The van der Waals surface area contributed by atoms with E-state index in [4.69, 9.17) is 0 Å². The molecule has 0 aliphatic carbocycles. The van der Waals surface area contributed by atoms with E-state index in [1.165, 1.54) is 0 Å². The summed E-state index contributed by atoms with van der Waals surface area (Å²) in [6.45, 7) is 1.92. The van der Waals surface area contributed by atoms with Crippen LogP contribution in [0.15, 0.2) is 0 Å². The Hall–Kier alpha value is -0.410. The normalized spacial score (nSPS) is 12.9. The summed E-state index contributed by atoms with van der Waals surface area (Å²) in [5.41, 5.74) is 0. The van der Waals surface area contributed by atoms with Gasteiger partial charge in [-0.05, 0) is 39.5 Å². The summed E-state index contributed by atoms with van der Waals surface area (Å²) in [5, 5.41) is 6.15. The van der Waals surface area contributed by atoms with E-state index in [0.29, 0.717) is 12.3 Å². The lowest BCUT2D eigenvalue weighted by atomic mass is 10.0. The van der Waals surface area contributed by atoms with Crippen molar-refractivity contribution in [2.75, 3.05) is 27.2 Å². The van der Waals surface area contributed by atoms with Crippen LogP contribution >= 0.6 is 0 Å². The summed E-state index contributed by atoms with van der Waals surface area (Å²) >= 11 is 0. The molecule has 66 valence electrons. The van der Waals surface area contributed by atoms with Gasteiger partial charge in [0.15, 0.2) is 0 Å². The van der Waals surface area contributed by atoms with E-state index in [1.54, 1.807) is 0 Å². The van der Waals surface area contributed by atoms with Crippen LogP contribution in [0.2, 0.25) is 0 Å². The van der Waals surface area contributed by atoms with Gasteiger partial charge >= 0.3 is 0 Å². The fourth-order valence-corrected chi connectivity index (χ4v) is 1.08. The van der Waals surface area contributed by atoms with E-state index in [9.17, 15) is 4.79 Å². The number of nitrogens with one attached hydrogen (secondary N) is 2. The number of hydrogen-bond acceptors (Lipinski definition) is 3. The van der Waals surface area contributed by atoms with Gasteiger partial charge in [-0.15, -0.1) is 0 Å². The number of hydrogen-bond donors (Lipinski definition) is 2. The Morgan fingerprint density at radius 3 is 2.55 bits per heavy atom. The van der Waals surface area contributed by atoms with Crippen molar-refractivity contribution in [3.05, 3.63) is 0 Å². The van der Waals surface area contributed by atoms with Crippen LogP contribution in [0.4, 0.5) is 0 Å². The predicted molar refractivity (Wildman–Crippen MR) is 46.6 cm³/mol. The molecule has 1 unspecified atom stereocenters. The van der Waals surface area contributed by atoms with Crippen molar-refractivity contribution in [2.45, 2.75) is 12.8 Å². The molecular weight excluding hydrogens is 140 g/mol. The molecule has 0 radical (unpaired) electrons. The van der Waals surface area contributed by atoms with E-state index in [-0.39, 0.29) is 0 Å². The second-order valence-corrected chi connectivity index (χ2v) is 2.72. The average molecular weight is 158 g/mol. The lowest BCUT2D eigenvalue weighted by Crippen LogP contribution is -2.23. The Labute approximate surface area is 68.6 Å². The molecule has 11 heavy (non-hydrogen) atoms. The number of carbonyl (C=O) groups is 1. The molecule has 0 aromatic carbocycles. The second kappa shape index (κ2) is 7.69. The molecule has 3 nitrogen and oxygen atoms in total. The molecule has 0 spiro atoms. The van der Waals surface area contributed by atoms with Crippen molar-refractivity contribution >= 4 is 6.29 Å². The maximum Gasteiger partial charge on any atom is 0.120 e. The molecule has 0 amide bonds. The molecule has 0 saturated heterocycles. The van der Waals surface area contributed by atoms with Gasteiger partial charge < -0.3 is 15.4 Å². The molecule has 0 bridgehead atoms. The van der Waals surface area contributed by atoms with Crippen LogP contribution in [0, 0.1) is 5.92 Å². The quantitative estimate of drug-likeness (QED) is 0.513. The monoisotopic (exact) mass is 158 g/mol. The zero-order valence-corrected chi connectivity index (χ0v) is 7.39. The second-order valence-electron chi connectivity index (χ2n) is 2.72. The highest BCUT2D eigenvalue weighted by molar-refractivity contribution is 5.49. The Morgan fingerprint density at radius 2 is 2.09 bits per heavy atom. The molecule has 1 atom stereocenters. The van der Waals surface area contributed by atoms with Crippen LogP contribution in [-0.2, 0) is 4.79 Å². The zero-order chi connectivity index (χ0) is 8.53. The van der Waals surface area contributed by atoms with Crippen LogP contribution in [0.3, 0.4) is 0 Å². The fraction of sp³-hybridized carbons (Fsp3) is 0.875. The standard InChI is InChI=1S/C8H18N2O/c1-9-5-3-8(4-6-11)7-10-2/h6,8-10H,3-5,7H2,1-2H3. The van der Waals surface area contributed by atoms with Crippen LogP contribution in [-0.4, -0.2) is 33.5 Å². The molecule has 0 aromatic heterocycles. The third-order valence-electron chi connectivity index (χ3n) is 1.72. The molecule has 0 aliphatic rings. The minimum atomic E-state index is 0.491. The first-order valence-corrected chi connectivity index (χ1v) is 4.08. The first kappa shape index (κ1) is 10.6. The highest BCUT2D eigenvalue weighted by atomic mass is 16.1. The Morgan fingerprint density at radius 1 is 1.36 bits per heavy atom. The van der Waals surface area contributed by atoms with Gasteiger partial charge in [-0.2, -0.15) is 0 Å². The van der Waals surface area contributed by atoms with Crippen LogP contribution in [0.1, 0.15) is 12.8 Å². The van der Waals surface area contributed by atoms with Crippen molar-refractivity contribution in [3.8, 4) is 0 Å². The molecule has 0 heterocycles. The van der Waals surface area contributed by atoms with Crippen molar-refractivity contribution in [1.82, 2.24) is 10.6 Å². The minimum absolute atomic E-state index is 0.491. The molecule has 0 saturated carbocycles. The first-order valence-electron chi connectivity index (χ1n) is 4.08. The number of carbonyl (C=O) groups excluding carboxylic acids is 1. The molecular formula is C8H18N2O. The van der Waals surface area contributed by atoms with Crippen LogP contribution in [0.5, 0.6) is 0 Å². The summed E-state index contributed by atoms with van der Waals surface area (Å²) in [4.78, 5) is 10.2. The summed E-state index contributed by atoms with van der Waals surface area (Å²) in [6.07, 6.45) is 2.73. The highest BCUT2D eigenvalue weighted by Crippen LogP contribution is 2.03. The lowest BCUT2D eigenvalue weighted by Gasteiger charge is -2.12. The van der Waals surface area contributed by atoms with Gasteiger partial charge in [-0.25, -0.2) is 0 Å². The van der Waals surface area contributed by atoms with Crippen molar-refractivity contribution in [3.63, 3.8) is 0 Å². The zero-order valence-electron chi connectivity index (χ0n) is 7.39. The summed E-state index contributed by atoms with van der Waals surface area (Å²) in [5.74, 6) is 0.491. The first-order chi connectivity index (χ1) is 5.35. The van der Waals surface area contributed by atoms with Gasteiger partial charge in [0.1, 0.15) is 6.29 Å². The molecule has 0 aliphatic heterocycles. The molecule has 0 rings (SSSR count). The van der Waals surface area contributed by atoms with Crippen molar-refractivity contribution in [1.29, 1.82) is 0 Å². The molecule has 0 aromatic rings. The van der Waals surface area contributed by atoms with Crippen molar-refractivity contribution in [2.24, 2.45) is 5.92 Å². The van der Waals surface area contributed by atoms with Gasteiger partial charge in [0.2, 0.25) is 0 Å². The van der Waals surface area contributed by atoms with Gasteiger partial charge in [-0.3, -0.25) is 0 Å². The summed E-state index contributed by atoms with van der Waals surface area (Å²) < 4.78 is 0. The Balaban J connectivity index is 3.41. The fourth-order valence-electron chi connectivity index (χ4n) is 1.08. The van der Waals surface area contributed by atoms with E-state index in [2.05, 4.69) is 10.6 Å². The van der Waals surface area contributed by atoms with Gasteiger partial charge in [0, 0.05) is 6.42 Å². The maximum atomic E-state index is 10.2. The largest absolute Gasteiger partial charge is 0.320 e. The Kier molecular flexibility index (Phi) is 7.41. The smallest absolute Gasteiger partial charge is 0.120 e. The predicted octanol–water partition coefficient (Wildman–Crippen LogP) is 0.0205. The van der Waals surface area contributed by atoms with E-state index in [0.717, 1.165) is 25.8 Å². The molecule has 3 heteroatoms. The Bertz CT molecular complexity index is 96.1.